The van der Waals surface area contributed by atoms with Crippen LogP contribution < -0.4 is 16.0 Å². The van der Waals surface area contributed by atoms with E-state index < -0.39 is 0 Å². The first-order valence-corrected chi connectivity index (χ1v) is 8.02. The second-order valence-electron chi connectivity index (χ2n) is 4.69. The number of carbonyl (C=O) groups is 1. The molecular weight excluding hydrogens is 413 g/mol. The second kappa shape index (κ2) is 11.6. The Kier molecular flexibility index (Phi) is 11.2. The summed E-state index contributed by atoms with van der Waals surface area (Å²) in [6, 6.07) is 0. The van der Waals surface area contributed by atoms with Gasteiger partial charge in [0.25, 0.3) is 0 Å². The minimum absolute atomic E-state index is 0. The Bertz CT molecular complexity index is 490. The van der Waals surface area contributed by atoms with Crippen molar-refractivity contribution in [3.63, 3.8) is 0 Å². The van der Waals surface area contributed by atoms with Gasteiger partial charge in [0.05, 0.1) is 17.2 Å². The fourth-order valence-electron chi connectivity index (χ4n) is 1.77. The van der Waals surface area contributed by atoms with E-state index in [0.717, 1.165) is 23.7 Å². The minimum atomic E-state index is 0. The van der Waals surface area contributed by atoms with Gasteiger partial charge in [-0.05, 0) is 20.3 Å². The maximum Gasteiger partial charge on any atom is 0.221 e. The molecule has 22 heavy (non-hydrogen) atoms. The lowest BCUT2D eigenvalue weighted by Crippen LogP contribution is -2.39. The van der Waals surface area contributed by atoms with E-state index in [1.165, 1.54) is 4.88 Å². The molecule has 0 saturated heterocycles. The quantitative estimate of drug-likeness (QED) is 0.345. The molecule has 126 valence electrons. The van der Waals surface area contributed by atoms with Crippen LogP contribution in [-0.4, -0.2) is 37.0 Å². The summed E-state index contributed by atoms with van der Waals surface area (Å²) in [6.07, 6.45) is 1.40. The summed E-state index contributed by atoms with van der Waals surface area (Å²) in [4.78, 5) is 21.2. The number of guanidine groups is 1. The third-order valence-corrected chi connectivity index (χ3v) is 3.93. The highest BCUT2D eigenvalue weighted by molar-refractivity contribution is 14.0. The molecule has 1 rings (SSSR count). The van der Waals surface area contributed by atoms with Gasteiger partial charge >= 0.3 is 0 Å². The Morgan fingerprint density at radius 3 is 2.50 bits per heavy atom. The summed E-state index contributed by atoms with van der Waals surface area (Å²) < 4.78 is 0. The molecule has 1 aromatic rings. The topological polar surface area (TPSA) is 78.4 Å². The maximum absolute atomic E-state index is 11.5. The number of aliphatic imine (C=N–C) groups is 1. The molecule has 1 heterocycles. The summed E-state index contributed by atoms with van der Waals surface area (Å²) >= 11 is 1.68. The van der Waals surface area contributed by atoms with Crippen LogP contribution >= 0.6 is 35.3 Å². The lowest BCUT2D eigenvalue weighted by Gasteiger charge is -2.11. The van der Waals surface area contributed by atoms with Crippen LogP contribution in [0.5, 0.6) is 0 Å². The van der Waals surface area contributed by atoms with E-state index in [1.54, 1.807) is 18.4 Å². The molecule has 0 bridgehead atoms. The van der Waals surface area contributed by atoms with E-state index in [1.807, 2.05) is 20.8 Å². The highest BCUT2D eigenvalue weighted by Gasteiger charge is 2.06. The molecular formula is C14H26IN5OS. The van der Waals surface area contributed by atoms with Crippen LogP contribution in [0, 0.1) is 13.8 Å². The number of aryl methyl sites for hydroxylation is 2. The van der Waals surface area contributed by atoms with Crippen molar-refractivity contribution >= 4 is 47.2 Å². The largest absolute Gasteiger partial charge is 0.356 e. The van der Waals surface area contributed by atoms with E-state index in [-0.39, 0.29) is 29.9 Å². The zero-order valence-electron chi connectivity index (χ0n) is 13.7. The van der Waals surface area contributed by atoms with Crippen molar-refractivity contribution in [3.05, 3.63) is 15.6 Å². The van der Waals surface area contributed by atoms with Crippen molar-refractivity contribution in [2.45, 2.75) is 40.2 Å². The summed E-state index contributed by atoms with van der Waals surface area (Å²) in [5.41, 5.74) is 1.05. The van der Waals surface area contributed by atoms with Gasteiger partial charge in [0.1, 0.15) is 0 Å². The van der Waals surface area contributed by atoms with Gasteiger partial charge < -0.3 is 16.0 Å². The first kappa shape index (κ1) is 21.1. The zero-order chi connectivity index (χ0) is 15.7. The lowest BCUT2D eigenvalue weighted by atomic mass is 10.3. The Morgan fingerprint density at radius 1 is 1.23 bits per heavy atom. The van der Waals surface area contributed by atoms with Crippen molar-refractivity contribution in [1.82, 2.24) is 20.9 Å². The van der Waals surface area contributed by atoms with Crippen LogP contribution in [0.4, 0.5) is 0 Å². The summed E-state index contributed by atoms with van der Waals surface area (Å²) in [7, 11) is 1.72. The third-order valence-electron chi connectivity index (χ3n) is 2.86. The number of rotatable bonds is 7. The van der Waals surface area contributed by atoms with Crippen molar-refractivity contribution in [1.29, 1.82) is 0 Å². The van der Waals surface area contributed by atoms with Crippen LogP contribution in [-0.2, 0) is 11.3 Å². The van der Waals surface area contributed by atoms with Gasteiger partial charge in [-0.1, -0.05) is 6.92 Å². The second-order valence-corrected chi connectivity index (χ2v) is 5.98. The van der Waals surface area contributed by atoms with Crippen LogP contribution in [0.3, 0.4) is 0 Å². The van der Waals surface area contributed by atoms with E-state index in [4.69, 9.17) is 0 Å². The number of hydrogen-bond acceptors (Lipinski definition) is 4. The standard InChI is InChI=1S/C14H25N5OS.HI/c1-5-7-16-13(20)6-8-17-14(15-4)18-9-12-10(2)19-11(3)21-12;/h5-9H2,1-4H3,(H,16,20)(H2,15,17,18);1H. The van der Waals surface area contributed by atoms with Gasteiger partial charge in [0.15, 0.2) is 5.96 Å². The molecule has 0 radical (unpaired) electrons. The fraction of sp³-hybridized carbons (Fsp3) is 0.643. The average Bonchev–Trinajstić information content (AvgIpc) is 2.78. The van der Waals surface area contributed by atoms with Gasteiger partial charge in [-0.25, -0.2) is 4.98 Å². The highest BCUT2D eigenvalue weighted by atomic mass is 127. The molecule has 3 N–H and O–H groups in total. The summed E-state index contributed by atoms with van der Waals surface area (Å²) in [5, 5.41) is 10.3. The molecule has 0 spiro atoms. The van der Waals surface area contributed by atoms with E-state index >= 15 is 0 Å². The van der Waals surface area contributed by atoms with Gasteiger partial charge in [-0.2, -0.15) is 0 Å². The molecule has 0 aliphatic heterocycles. The normalized spacial score (nSPS) is 10.8. The average molecular weight is 439 g/mol. The predicted octanol–water partition coefficient (Wildman–Crippen LogP) is 1.96. The fourth-order valence-corrected chi connectivity index (χ4v) is 2.65. The smallest absolute Gasteiger partial charge is 0.221 e. The van der Waals surface area contributed by atoms with E-state index in [9.17, 15) is 4.79 Å². The van der Waals surface area contributed by atoms with Crippen molar-refractivity contribution < 1.29 is 4.79 Å². The van der Waals surface area contributed by atoms with Crippen LogP contribution in [0.2, 0.25) is 0 Å². The number of nitrogens with one attached hydrogen (secondary N) is 3. The van der Waals surface area contributed by atoms with Crippen molar-refractivity contribution in [2.24, 2.45) is 4.99 Å². The number of thiazole rings is 1. The molecule has 1 aromatic heterocycles. The van der Waals surface area contributed by atoms with Gasteiger partial charge in [0, 0.05) is 31.4 Å². The van der Waals surface area contributed by atoms with Crippen LogP contribution in [0.1, 0.15) is 35.3 Å². The first-order valence-electron chi connectivity index (χ1n) is 7.21. The number of carbonyl (C=O) groups excluding carboxylic acids is 1. The minimum Gasteiger partial charge on any atom is -0.356 e. The molecule has 0 atom stereocenters. The molecule has 0 saturated carbocycles. The van der Waals surface area contributed by atoms with E-state index in [2.05, 4.69) is 25.9 Å². The van der Waals surface area contributed by atoms with E-state index in [0.29, 0.717) is 25.5 Å². The summed E-state index contributed by atoms with van der Waals surface area (Å²) in [5.74, 6) is 0.762. The molecule has 8 heteroatoms. The highest BCUT2D eigenvalue weighted by Crippen LogP contribution is 2.16. The number of halogens is 1. The number of hydrogen-bond donors (Lipinski definition) is 3. The first-order chi connectivity index (χ1) is 10.1. The van der Waals surface area contributed by atoms with Crippen LogP contribution in [0.15, 0.2) is 4.99 Å². The maximum atomic E-state index is 11.5. The zero-order valence-corrected chi connectivity index (χ0v) is 16.8. The predicted molar refractivity (Wildman–Crippen MR) is 103 cm³/mol. The van der Waals surface area contributed by atoms with Crippen molar-refractivity contribution in [2.75, 3.05) is 20.1 Å². The molecule has 0 aliphatic rings. The SMILES string of the molecule is CCCNC(=O)CCNC(=NC)NCc1sc(C)nc1C.I. The Morgan fingerprint density at radius 2 is 1.95 bits per heavy atom. The Labute approximate surface area is 153 Å². The summed E-state index contributed by atoms with van der Waals surface area (Å²) in [6.45, 7) is 8.04. The van der Waals surface area contributed by atoms with Gasteiger partial charge in [-0.3, -0.25) is 9.79 Å². The van der Waals surface area contributed by atoms with Crippen LogP contribution in [0.25, 0.3) is 0 Å². The number of aromatic nitrogens is 1. The lowest BCUT2D eigenvalue weighted by molar-refractivity contribution is -0.120. The Hall–Kier alpha value is -0.900. The van der Waals surface area contributed by atoms with Crippen molar-refractivity contribution in [3.8, 4) is 0 Å². The molecule has 0 unspecified atom stereocenters. The third kappa shape index (κ3) is 7.92. The molecule has 0 aromatic carbocycles. The monoisotopic (exact) mass is 439 g/mol. The molecule has 0 fully saturated rings. The molecule has 1 amide bonds. The molecule has 6 nitrogen and oxygen atoms in total. The van der Waals surface area contributed by atoms with Gasteiger partial charge in [0.2, 0.25) is 5.91 Å². The van der Waals surface area contributed by atoms with Gasteiger partial charge in [-0.15, -0.1) is 35.3 Å². The number of nitrogens with zero attached hydrogens (tertiary/aromatic N) is 2. The molecule has 0 aliphatic carbocycles. The number of amides is 1. The Balaban J connectivity index is 0.00000441.